The smallest absolute Gasteiger partial charge is 0.199 e. The molecule has 6 heteroatoms. The van der Waals surface area contributed by atoms with Gasteiger partial charge in [0.25, 0.3) is 0 Å². The van der Waals surface area contributed by atoms with Crippen molar-refractivity contribution < 1.29 is 14.6 Å². The molecule has 5 rings (SSSR count). The number of aromatic nitrogens is 1. The van der Waals surface area contributed by atoms with E-state index in [9.17, 15) is 5.11 Å². The van der Waals surface area contributed by atoms with E-state index in [0.717, 1.165) is 28.7 Å². The first-order valence-electron chi connectivity index (χ1n) is 11.6. The molecule has 0 unspecified atom stereocenters. The van der Waals surface area contributed by atoms with Crippen molar-refractivity contribution in [3.63, 3.8) is 0 Å². The average molecular weight is 456 g/mol. The summed E-state index contributed by atoms with van der Waals surface area (Å²) >= 11 is 0. The first-order chi connectivity index (χ1) is 16.7. The number of aliphatic imine (C=N–C) groups is 1. The Hall–Kier alpha value is -3.77. The first kappa shape index (κ1) is 22.0. The third-order valence-corrected chi connectivity index (χ3v) is 6.35. The molecule has 1 aliphatic rings. The maximum Gasteiger partial charge on any atom is 0.199 e. The molecule has 0 spiro atoms. The molecule has 0 radical (unpaired) electrons. The molecule has 0 saturated carbocycles. The molecule has 6 nitrogen and oxygen atoms in total. The van der Waals surface area contributed by atoms with E-state index in [1.54, 1.807) is 14.2 Å². The molecule has 1 saturated heterocycles. The number of methoxy groups -OCH3 is 2. The van der Waals surface area contributed by atoms with E-state index >= 15 is 0 Å². The summed E-state index contributed by atoms with van der Waals surface area (Å²) < 4.78 is 10.9. The normalized spacial score (nSPS) is 14.6. The van der Waals surface area contributed by atoms with Crippen LogP contribution in [-0.2, 0) is 6.54 Å². The zero-order valence-corrected chi connectivity index (χ0v) is 19.5. The number of H-pyrrole nitrogens is 1. The summed E-state index contributed by atoms with van der Waals surface area (Å²) in [6, 6.07) is 22.0. The van der Waals surface area contributed by atoms with Crippen LogP contribution in [0.1, 0.15) is 29.5 Å². The van der Waals surface area contributed by atoms with Crippen molar-refractivity contribution in [1.29, 1.82) is 0 Å². The van der Waals surface area contributed by atoms with Gasteiger partial charge in [0.2, 0.25) is 0 Å². The molecule has 1 fully saturated rings. The average Bonchev–Trinajstić information content (AvgIpc) is 3.49. The van der Waals surface area contributed by atoms with Crippen LogP contribution in [0.4, 0.5) is 5.69 Å². The maximum absolute atomic E-state index is 11.0. The second-order valence-electron chi connectivity index (χ2n) is 8.58. The fourth-order valence-corrected chi connectivity index (χ4v) is 4.61. The van der Waals surface area contributed by atoms with Crippen LogP contribution in [0.25, 0.3) is 10.9 Å². The number of hydrogen-bond acceptors (Lipinski definition) is 5. The number of aromatic amines is 1. The van der Waals surface area contributed by atoms with Gasteiger partial charge in [-0.15, -0.1) is 0 Å². The highest BCUT2D eigenvalue weighted by molar-refractivity contribution is 6.22. The van der Waals surface area contributed by atoms with E-state index < -0.39 is 0 Å². The number of nitrogens with zero attached hydrogens (tertiary/aromatic N) is 2. The number of fused-ring (bicyclic) bond motifs is 1. The number of aromatic hydroxyl groups is 1. The molecular formula is C28H29N3O3. The van der Waals surface area contributed by atoms with E-state index in [-0.39, 0.29) is 5.88 Å². The lowest BCUT2D eigenvalue weighted by atomic mass is 10.0. The van der Waals surface area contributed by atoms with Crippen LogP contribution >= 0.6 is 0 Å². The van der Waals surface area contributed by atoms with Crippen molar-refractivity contribution in [2.75, 3.05) is 27.3 Å². The maximum atomic E-state index is 11.0. The third kappa shape index (κ3) is 4.37. The van der Waals surface area contributed by atoms with Gasteiger partial charge in [-0.25, -0.2) is 4.99 Å². The number of rotatable bonds is 7. The van der Waals surface area contributed by atoms with Crippen LogP contribution in [-0.4, -0.2) is 48.0 Å². The lowest BCUT2D eigenvalue weighted by molar-refractivity contribution is 0.331. The third-order valence-electron chi connectivity index (χ3n) is 6.35. The Kier molecular flexibility index (Phi) is 6.23. The second kappa shape index (κ2) is 9.61. The van der Waals surface area contributed by atoms with Crippen LogP contribution in [0.5, 0.6) is 17.4 Å². The molecule has 0 atom stereocenters. The van der Waals surface area contributed by atoms with Gasteiger partial charge in [0.05, 0.1) is 36.7 Å². The van der Waals surface area contributed by atoms with E-state index in [4.69, 9.17) is 14.5 Å². The highest BCUT2D eigenvalue weighted by atomic mass is 16.5. The molecule has 3 aromatic carbocycles. The van der Waals surface area contributed by atoms with Gasteiger partial charge in [-0.2, -0.15) is 0 Å². The van der Waals surface area contributed by atoms with Gasteiger partial charge in [0, 0.05) is 23.6 Å². The van der Waals surface area contributed by atoms with Crippen LogP contribution in [0, 0.1) is 0 Å². The molecule has 4 aromatic rings. The summed E-state index contributed by atoms with van der Waals surface area (Å²) in [6.07, 6.45) is 2.57. The first-order valence-corrected chi connectivity index (χ1v) is 11.6. The van der Waals surface area contributed by atoms with Crippen molar-refractivity contribution in [2.45, 2.75) is 19.4 Å². The molecule has 0 bridgehead atoms. The molecule has 1 aromatic heterocycles. The Morgan fingerprint density at radius 3 is 2.29 bits per heavy atom. The summed E-state index contributed by atoms with van der Waals surface area (Å²) in [6.45, 7) is 3.32. The van der Waals surface area contributed by atoms with Crippen molar-refractivity contribution in [3.05, 3.63) is 83.4 Å². The van der Waals surface area contributed by atoms with Crippen LogP contribution in [0.15, 0.2) is 71.7 Å². The van der Waals surface area contributed by atoms with Gasteiger partial charge in [0.1, 0.15) is 0 Å². The zero-order valence-electron chi connectivity index (χ0n) is 19.5. The van der Waals surface area contributed by atoms with E-state index in [0.29, 0.717) is 22.8 Å². The molecule has 2 heterocycles. The second-order valence-corrected chi connectivity index (χ2v) is 8.58. The van der Waals surface area contributed by atoms with Gasteiger partial charge in [-0.1, -0.05) is 42.5 Å². The fourth-order valence-electron chi connectivity index (χ4n) is 4.61. The van der Waals surface area contributed by atoms with Crippen LogP contribution in [0.3, 0.4) is 0 Å². The zero-order chi connectivity index (χ0) is 23.5. The summed E-state index contributed by atoms with van der Waals surface area (Å²) in [7, 11) is 3.20. The molecule has 0 amide bonds. The van der Waals surface area contributed by atoms with Crippen molar-refractivity contribution in [3.8, 4) is 17.4 Å². The molecule has 34 heavy (non-hydrogen) atoms. The highest BCUT2D eigenvalue weighted by Crippen LogP contribution is 2.38. The van der Waals surface area contributed by atoms with Gasteiger partial charge < -0.3 is 19.6 Å². The van der Waals surface area contributed by atoms with Crippen molar-refractivity contribution in [1.82, 2.24) is 9.88 Å². The predicted octanol–water partition coefficient (Wildman–Crippen LogP) is 5.66. The minimum atomic E-state index is 0.0542. The van der Waals surface area contributed by atoms with E-state index in [1.165, 1.54) is 31.5 Å². The van der Waals surface area contributed by atoms with Crippen LogP contribution < -0.4 is 9.47 Å². The Balaban J connectivity index is 1.59. The lowest BCUT2D eigenvalue weighted by Crippen LogP contribution is -2.18. The molecule has 2 N–H and O–H groups in total. The minimum absolute atomic E-state index is 0.0542. The monoisotopic (exact) mass is 455 g/mol. The van der Waals surface area contributed by atoms with Crippen molar-refractivity contribution >= 4 is 22.3 Å². The largest absolute Gasteiger partial charge is 0.494 e. The number of likely N-dealkylation sites (tertiary alicyclic amines) is 1. The Labute approximate surface area is 199 Å². The quantitative estimate of drug-likeness (QED) is 0.353. The summed E-state index contributed by atoms with van der Waals surface area (Å²) in [5.41, 5.74) is 5.09. The molecule has 1 aliphatic heterocycles. The molecular weight excluding hydrogens is 426 g/mol. The lowest BCUT2D eigenvalue weighted by Gasteiger charge is -2.14. The Morgan fingerprint density at radius 1 is 0.941 bits per heavy atom. The highest BCUT2D eigenvalue weighted by Gasteiger charge is 2.21. The standard InChI is InChI=1S/C28H29N3O3/c1-33-24-16-22-23(17-25(24)34-2)30-28(32)26(22)27(20-8-4-3-5-9-20)29-21-12-10-19(11-13-21)18-31-14-6-7-15-31/h3-5,8-13,16-17,30,32H,6-7,14-15,18H2,1-2H3. The Bertz CT molecular complexity index is 1300. The summed E-state index contributed by atoms with van der Waals surface area (Å²) in [4.78, 5) is 10.6. The molecule has 174 valence electrons. The van der Waals surface area contributed by atoms with Gasteiger partial charge in [0.15, 0.2) is 17.4 Å². The number of benzene rings is 3. The minimum Gasteiger partial charge on any atom is -0.494 e. The van der Waals surface area contributed by atoms with Crippen molar-refractivity contribution in [2.24, 2.45) is 4.99 Å². The Morgan fingerprint density at radius 2 is 1.62 bits per heavy atom. The number of hydrogen-bond donors (Lipinski definition) is 2. The van der Waals surface area contributed by atoms with Crippen LogP contribution in [0.2, 0.25) is 0 Å². The van der Waals surface area contributed by atoms with Gasteiger partial charge >= 0.3 is 0 Å². The number of nitrogens with one attached hydrogen (secondary N) is 1. The van der Waals surface area contributed by atoms with E-state index in [1.807, 2.05) is 54.6 Å². The van der Waals surface area contributed by atoms with Gasteiger partial charge in [-0.3, -0.25) is 4.90 Å². The van der Waals surface area contributed by atoms with E-state index in [2.05, 4.69) is 22.0 Å². The van der Waals surface area contributed by atoms with Gasteiger partial charge in [-0.05, 0) is 49.7 Å². The summed E-state index contributed by atoms with van der Waals surface area (Å²) in [5.74, 6) is 1.24. The number of ether oxygens (including phenoxy) is 2. The predicted molar refractivity (Wildman–Crippen MR) is 136 cm³/mol. The SMILES string of the molecule is COc1cc2[nH]c(O)c(C(=Nc3ccc(CN4CCCC4)cc3)c3ccccc3)c2cc1OC. The summed E-state index contributed by atoms with van der Waals surface area (Å²) in [5, 5.41) is 11.8. The fraction of sp³-hybridized carbons (Fsp3) is 0.250. The molecule has 0 aliphatic carbocycles. The topological polar surface area (TPSA) is 70.1 Å².